The summed E-state index contributed by atoms with van der Waals surface area (Å²) in [5, 5.41) is 2.18. The van der Waals surface area contributed by atoms with Crippen LogP contribution in [0, 0.1) is 19.7 Å². The van der Waals surface area contributed by atoms with Crippen molar-refractivity contribution in [2.24, 2.45) is 0 Å². The van der Waals surface area contributed by atoms with Crippen LogP contribution in [0.15, 0.2) is 41.3 Å². The van der Waals surface area contributed by atoms with Gasteiger partial charge in [-0.3, -0.25) is 19.3 Å². The zero-order chi connectivity index (χ0) is 23.5. The van der Waals surface area contributed by atoms with Crippen LogP contribution in [0.3, 0.4) is 0 Å². The fourth-order valence-electron chi connectivity index (χ4n) is 3.62. The molecule has 33 heavy (non-hydrogen) atoms. The Labute approximate surface area is 195 Å². The number of halogens is 1. The Hall–Kier alpha value is -3.17. The first-order valence-corrected chi connectivity index (χ1v) is 11.4. The number of carbonyl (C=O) groups is 3. The molecule has 0 bridgehead atoms. The number of nitrogens with zero attached hydrogens (tertiary/aromatic N) is 2. The third-order valence-electron chi connectivity index (χ3n) is 5.59. The van der Waals surface area contributed by atoms with Gasteiger partial charge in [0.2, 0.25) is 5.91 Å². The van der Waals surface area contributed by atoms with Crippen LogP contribution in [-0.2, 0) is 14.3 Å². The number of rotatable bonds is 5. The van der Waals surface area contributed by atoms with Crippen molar-refractivity contribution < 1.29 is 23.5 Å². The zero-order valence-corrected chi connectivity index (χ0v) is 19.2. The highest BCUT2D eigenvalue weighted by Gasteiger charge is 2.36. The van der Waals surface area contributed by atoms with Crippen molar-refractivity contribution in [2.45, 2.75) is 13.8 Å². The molecular weight excluding hydrogens is 445 g/mol. The third-order valence-corrected chi connectivity index (χ3v) is 6.49. The van der Waals surface area contributed by atoms with Crippen LogP contribution >= 0.6 is 11.8 Å². The summed E-state index contributed by atoms with van der Waals surface area (Å²) in [6, 6.07) is 10.2. The van der Waals surface area contributed by atoms with Crippen molar-refractivity contribution in [1.82, 2.24) is 4.90 Å². The minimum atomic E-state index is -0.571. The Morgan fingerprint density at radius 1 is 1.12 bits per heavy atom. The number of nitrogens with one attached hydrogen (secondary N) is 1. The van der Waals surface area contributed by atoms with E-state index in [2.05, 4.69) is 5.32 Å². The molecule has 0 radical (unpaired) electrons. The highest BCUT2D eigenvalue weighted by atomic mass is 32.2. The van der Waals surface area contributed by atoms with Gasteiger partial charge in [-0.15, -0.1) is 0 Å². The molecule has 9 heteroatoms. The van der Waals surface area contributed by atoms with E-state index in [1.165, 1.54) is 12.1 Å². The summed E-state index contributed by atoms with van der Waals surface area (Å²) in [6.07, 6.45) is 1.47. The molecule has 2 fully saturated rings. The molecule has 2 saturated heterocycles. The van der Waals surface area contributed by atoms with Crippen molar-refractivity contribution in [3.8, 4) is 0 Å². The lowest BCUT2D eigenvalue weighted by molar-refractivity contribution is -0.127. The van der Waals surface area contributed by atoms with E-state index in [4.69, 9.17) is 4.74 Å². The highest BCUT2D eigenvalue weighted by Crippen LogP contribution is 2.33. The van der Waals surface area contributed by atoms with Crippen molar-refractivity contribution in [3.05, 3.63) is 63.8 Å². The van der Waals surface area contributed by atoms with Gasteiger partial charge < -0.3 is 15.0 Å². The van der Waals surface area contributed by atoms with E-state index in [9.17, 15) is 18.8 Å². The van der Waals surface area contributed by atoms with Crippen LogP contribution < -0.4 is 10.2 Å². The van der Waals surface area contributed by atoms with Gasteiger partial charge in [-0.25, -0.2) is 4.39 Å². The summed E-state index contributed by atoms with van der Waals surface area (Å²) in [4.78, 5) is 40.4. The molecule has 3 amide bonds. The first-order valence-electron chi connectivity index (χ1n) is 10.6. The number of benzene rings is 2. The molecule has 0 aromatic heterocycles. The van der Waals surface area contributed by atoms with Crippen LogP contribution in [0.25, 0.3) is 6.08 Å². The van der Waals surface area contributed by atoms with Crippen molar-refractivity contribution in [2.75, 3.05) is 43.1 Å². The Morgan fingerprint density at radius 3 is 2.58 bits per heavy atom. The molecule has 2 aliphatic rings. The molecule has 1 N–H and O–H groups in total. The molecule has 7 nitrogen and oxygen atoms in total. The Morgan fingerprint density at radius 2 is 1.88 bits per heavy atom. The fourth-order valence-corrected chi connectivity index (χ4v) is 4.46. The van der Waals surface area contributed by atoms with Crippen molar-refractivity contribution >= 4 is 46.3 Å². The first-order chi connectivity index (χ1) is 15.8. The van der Waals surface area contributed by atoms with E-state index >= 15 is 0 Å². The van der Waals surface area contributed by atoms with E-state index in [1.54, 1.807) is 18.2 Å². The molecule has 0 aliphatic carbocycles. The van der Waals surface area contributed by atoms with Crippen LogP contribution in [0.4, 0.5) is 20.6 Å². The summed E-state index contributed by atoms with van der Waals surface area (Å²) >= 11 is 0.737. The predicted molar refractivity (Wildman–Crippen MR) is 127 cm³/mol. The molecular formula is C24H24FN3O4S. The number of carbonyl (C=O) groups excluding carboxylic acids is 3. The summed E-state index contributed by atoms with van der Waals surface area (Å²) in [5.74, 6) is -1.45. The fraction of sp³-hybridized carbons (Fsp3) is 0.292. The third kappa shape index (κ3) is 5.26. The average Bonchev–Trinajstić information content (AvgIpc) is 3.04. The summed E-state index contributed by atoms with van der Waals surface area (Å²) in [7, 11) is 0. The number of morpholine rings is 1. The standard InChI is InChI=1S/C24H24FN3O4S/c1-15-3-5-18(11-16(15)2)26-22(29)14-28-23(30)21(33-24(28)31)13-17-4-6-20(19(25)12-17)27-7-9-32-10-8-27/h3-6,11-13H,7-10,14H2,1-2H3,(H,26,29)/b21-13-. The van der Waals surface area contributed by atoms with E-state index in [1.807, 2.05) is 30.9 Å². The lowest BCUT2D eigenvalue weighted by atomic mass is 10.1. The van der Waals surface area contributed by atoms with E-state index in [-0.39, 0.29) is 11.4 Å². The van der Waals surface area contributed by atoms with Gasteiger partial charge in [0.05, 0.1) is 23.8 Å². The van der Waals surface area contributed by atoms with Gasteiger partial charge >= 0.3 is 0 Å². The SMILES string of the molecule is Cc1ccc(NC(=O)CN2C(=O)S/C(=C\c3ccc(N4CCOCC4)c(F)c3)C2=O)cc1C. The molecule has 2 heterocycles. The molecule has 0 unspecified atom stereocenters. The number of thioether (sulfide) groups is 1. The van der Waals surface area contributed by atoms with Crippen LogP contribution in [-0.4, -0.2) is 54.8 Å². The van der Waals surface area contributed by atoms with E-state index in [0.717, 1.165) is 27.8 Å². The second-order valence-electron chi connectivity index (χ2n) is 7.93. The lowest BCUT2D eigenvalue weighted by Crippen LogP contribution is -2.36. The molecule has 2 aromatic rings. The molecule has 4 rings (SSSR count). The number of amides is 3. The smallest absolute Gasteiger partial charge is 0.294 e. The van der Waals surface area contributed by atoms with Gasteiger partial charge in [0.1, 0.15) is 12.4 Å². The van der Waals surface area contributed by atoms with Crippen molar-refractivity contribution in [1.29, 1.82) is 0 Å². The maximum atomic E-state index is 14.7. The van der Waals surface area contributed by atoms with Gasteiger partial charge in [0, 0.05) is 18.8 Å². The minimum Gasteiger partial charge on any atom is -0.378 e. The molecule has 172 valence electrons. The number of aryl methyl sites for hydroxylation is 2. The molecule has 2 aliphatic heterocycles. The number of imide groups is 1. The Bertz CT molecular complexity index is 1140. The zero-order valence-electron chi connectivity index (χ0n) is 18.4. The quantitative estimate of drug-likeness (QED) is 0.668. The van der Waals surface area contributed by atoms with Crippen LogP contribution in [0.1, 0.15) is 16.7 Å². The molecule has 0 spiro atoms. The van der Waals surface area contributed by atoms with Gasteiger partial charge in [-0.2, -0.15) is 0 Å². The second-order valence-corrected chi connectivity index (χ2v) is 8.92. The van der Waals surface area contributed by atoms with Crippen LogP contribution in [0.5, 0.6) is 0 Å². The minimum absolute atomic E-state index is 0.150. The topological polar surface area (TPSA) is 79.0 Å². The summed E-state index contributed by atoms with van der Waals surface area (Å²) < 4.78 is 20.0. The summed E-state index contributed by atoms with van der Waals surface area (Å²) in [5.41, 5.74) is 3.66. The van der Waals surface area contributed by atoms with Crippen LogP contribution in [0.2, 0.25) is 0 Å². The predicted octanol–water partition coefficient (Wildman–Crippen LogP) is 3.95. The number of hydrogen-bond acceptors (Lipinski definition) is 6. The number of anilines is 2. The molecule has 2 aromatic carbocycles. The maximum Gasteiger partial charge on any atom is 0.294 e. The molecule has 0 saturated carbocycles. The Balaban J connectivity index is 1.43. The number of hydrogen-bond donors (Lipinski definition) is 1. The van der Waals surface area contributed by atoms with Gasteiger partial charge in [-0.05, 0) is 72.6 Å². The first kappa shape index (κ1) is 23.0. The average molecular weight is 470 g/mol. The van der Waals surface area contributed by atoms with Gasteiger partial charge in [0.25, 0.3) is 11.1 Å². The largest absolute Gasteiger partial charge is 0.378 e. The summed E-state index contributed by atoms with van der Waals surface area (Å²) in [6.45, 7) is 5.83. The lowest BCUT2D eigenvalue weighted by Gasteiger charge is -2.29. The molecule has 0 atom stereocenters. The maximum absolute atomic E-state index is 14.7. The van der Waals surface area contributed by atoms with Gasteiger partial charge in [0.15, 0.2) is 0 Å². The van der Waals surface area contributed by atoms with Crippen molar-refractivity contribution in [3.63, 3.8) is 0 Å². The van der Waals surface area contributed by atoms with E-state index in [0.29, 0.717) is 43.2 Å². The normalized spacial score (nSPS) is 17.7. The Kier molecular flexibility index (Phi) is 6.80. The number of ether oxygens (including phenoxy) is 1. The monoisotopic (exact) mass is 469 g/mol. The van der Waals surface area contributed by atoms with E-state index < -0.39 is 22.9 Å². The second kappa shape index (κ2) is 9.76. The van der Waals surface area contributed by atoms with Gasteiger partial charge in [-0.1, -0.05) is 12.1 Å². The highest BCUT2D eigenvalue weighted by molar-refractivity contribution is 8.18.